The quantitative estimate of drug-likeness (QED) is 0.384. The Kier molecular flexibility index (Phi) is 6.26. The van der Waals surface area contributed by atoms with Crippen LogP contribution in [0.5, 0.6) is 0 Å². The number of halogens is 1. The highest BCUT2D eigenvalue weighted by Gasteiger charge is 2.33. The fraction of sp³-hybridized carbons (Fsp3) is 0.222. The predicted molar refractivity (Wildman–Crippen MR) is 135 cm³/mol. The van der Waals surface area contributed by atoms with Crippen molar-refractivity contribution in [3.05, 3.63) is 95.8 Å². The maximum Gasteiger partial charge on any atom is 0.414 e. The van der Waals surface area contributed by atoms with Crippen molar-refractivity contribution < 1.29 is 23.9 Å². The lowest BCUT2D eigenvalue weighted by atomic mass is 9.99. The van der Waals surface area contributed by atoms with Crippen molar-refractivity contribution in [3.63, 3.8) is 0 Å². The smallest absolute Gasteiger partial charge is 0.414 e. The number of H-pyrrole nitrogens is 1. The molecule has 4 heterocycles. The van der Waals surface area contributed by atoms with Gasteiger partial charge in [-0.1, -0.05) is 41.6 Å². The third-order valence-electron chi connectivity index (χ3n) is 6.60. The Balaban J connectivity index is 1.12. The summed E-state index contributed by atoms with van der Waals surface area (Å²) in [5, 5.41) is 25.0. The number of hydrogen-bond acceptors (Lipinski definition) is 8. The topological polar surface area (TPSA) is 126 Å². The number of carbonyl (C=O) groups excluding carboxylic acids is 1. The number of amides is 1. The molecule has 2 unspecified atom stereocenters. The summed E-state index contributed by atoms with van der Waals surface area (Å²) in [7, 11) is 0. The minimum atomic E-state index is -0.810. The molecule has 2 aromatic carbocycles. The number of ether oxygens (including phenoxy) is 1. The second kappa shape index (κ2) is 10.0. The van der Waals surface area contributed by atoms with E-state index >= 15 is 4.39 Å². The third kappa shape index (κ3) is 4.71. The van der Waals surface area contributed by atoms with Crippen molar-refractivity contribution in [1.29, 1.82) is 0 Å². The van der Waals surface area contributed by atoms with E-state index in [0.717, 1.165) is 5.56 Å². The number of benzene rings is 2. The molecule has 2 N–H and O–H groups in total. The highest BCUT2D eigenvalue weighted by molar-refractivity contribution is 6.00. The Bertz CT molecular complexity index is 1460. The summed E-state index contributed by atoms with van der Waals surface area (Å²) < 4.78 is 20.5. The van der Waals surface area contributed by atoms with Crippen molar-refractivity contribution in [1.82, 2.24) is 20.4 Å². The number of aliphatic hydroxyl groups is 1. The normalized spacial score (nSPS) is 19.7. The average molecular weight is 515 g/mol. The second-order valence-electron chi connectivity index (χ2n) is 9.12. The van der Waals surface area contributed by atoms with E-state index < -0.39 is 30.2 Å². The molecule has 4 aromatic rings. The summed E-state index contributed by atoms with van der Waals surface area (Å²) in [6.45, 7) is 0.283. The van der Waals surface area contributed by atoms with Crippen LogP contribution in [0, 0.1) is 5.82 Å². The van der Waals surface area contributed by atoms with E-state index in [1.807, 2.05) is 30.3 Å². The number of pyridine rings is 1. The van der Waals surface area contributed by atoms with Crippen LogP contribution in [-0.2, 0) is 16.0 Å². The number of carbonyl (C=O) groups is 1. The van der Waals surface area contributed by atoms with Crippen molar-refractivity contribution in [2.45, 2.75) is 31.2 Å². The average Bonchev–Trinajstić information content (AvgIpc) is 3.71. The van der Waals surface area contributed by atoms with Gasteiger partial charge in [0.05, 0.1) is 29.8 Å². The van der Waals surface area contributed by atoms with Gasteiger partial charge in [-0.3, -0.25) is 9.88 Å². The molecule has 1 amide bonds. The molecule has 1 fully saturated rings. The van der Waals surface area contributed by atoms with Gasteiger partial charge < -0.3 is 14.7 Å². The van der Waals surface area contributed by atoms with Crippen molar-refractivity contribution in [2.24, 2.45) is 5.16 Å². The number of cyclic esters (lactones) is 1. The minimum absolute atomic E-state index is 0.283. The first-order chi connectivity index (χ1) is 18.5. The molecule has 2 aliphatic heterocycles. The molecule has 6 rings (SSSR count). The van der Waals surface area contributed by atoms with Crippen molar-refractivity contribution in [3.8, 4) is 11.1 Å². The Morgan fingerprint density at radius 2 is 2.00 bits per heavy atom. The molecule has 11 heteroatoms. The van der Waals surface area contributed by atoms with Crippen LogP contribution in [-0.4, -0.2) is 56.1 Å². The number of rotatable bonds is 7. The first-order valence-corrected chi connectivity index (χ1v) is 12.1. The molecule has 2 aromatic heterocycles. The van der Waals surface area contributed by atoms with E-state index in [0.29, 0.717) is 46.8 Å². The molecule has 1 saturated heterocycles. The third-order valence-corrected chi connectivity index (χ3v) is 6.60. The number of aromatic amines is 1. The highest BCUT2D eigenvalue weighted by atomic mass is 19.1. The van der Waals surface area contributed by atoms with Crippen LogP contribution in [0.4, 0.5) is 14.9 Å². The number of hydrogen-bond donors (Lipinski definition) is 2. The van der Waals surface area contributed by atoms with Crippen LogP contribution < -0.4 is 4.90 Å². The van der Waals surface area contributed by atoms with Gasteiger partial charge in [0.1, 0.15) is 23.7 Å². The lowest BCUT2D eigenvalue weighted by Gasteiger charge is -2.16. The zero-order valence-electron chi connectivity index (χ0n) is 20.1. The first-order valence-electron chi connectivity index (χ1n) is 12.1. The number of nitrogens with one attached hydrogen (secondary N) is 1. The lowest BCUT2D eigenvalue weighted by molar-refractivity contribution is -0.0183. The van der Waals surface area contributed by atoms with E-state index in [4.69, 9.17) is 9.57 Å². The first kappa shape index (κ1) is 23.7. The summed E-state index contributed by atoms with van der Waals surface area (Å²) >= 11 is 0. The van der Waals surface area contributed by atoms with E-state index in [1.165, 1.54) is 11.0 Å². The fourth-order valence-electron chi connectivity index (χ4n) is 4.61. The van der Waals surface area contributed by atoms with Gasteiger partial charge in [0.25, 0.3) is 0 Å². The SMILES string of the molecule is O=C1O[C@H](Cc2cn[nH]n2)CN1c1ccc(-c2ccc(C3=NOC(C(O)c4ccccc4)C3)nc2)c(F)c1. The molecular formula is C27H23FN6O4. The molecule has 10 nitrogen and oxygen atoms in total. The van der Waals surface area contributed by atoms with Gasteiger partial charge in [-0.2, -0.15) is 15.4 Å². The molecule has 0 radical (unpaired) electrons. The molecule has 0 bridgehead atoms. The van der Waals surface area contributed by atoms with Crippen molar-refractivity contribution >= 4 is 17.5 Å². The lowest BCUT2D eigenvalue weighted by Crippen LogP contribution is -2.25. The predicted octanol–water partition coefficient (Wildman–Crippen LogP) is 3.80. The van der Waals surface area contributed by atoms with Crippen LogP contribution in [0.25, 0.3) is 11.1 Å². The Labute approximate surface area is 216 Å². The molecule has 0 spiro atoms. The van der Waals surface area contributed by atoms with Crippen LogP contribution in [0.1, 0.15) is 29.5 Å². The summed E-state index contributed by atoms with van der Waals surface area (Å²) in [6.07, 6.45) is 1.70. The maximum atomic E-state index is 15.1. The Morgan fingerprint density at radius 1 is 1.13 bits per heavy atom. The summed E-state index contributed by atoms with van der Waals surface area (Å²) in [5.74, 6) is -0.489. The van der Waals surface area contributed by atoms with E-state index in [1.54, 1.807) is 36.7 Å². The molecule has 38 heavy (non-hydrogen) atoms. The number of anilines is 1. The molecule has 0 saturated carbocycles. The van der Waals surface area contributed by atoms with E-state index in [9.17, 15) is 9.90 Å². The van der Waals surface area contributed by atoms with Gasteiger partial charge in [0, 0.05) is 30.2 Å². The van der Waals surface area contributed by atoms with Crippen LogP contribution >= 0.6 is 0 Å². The van der Waals surface area contributed by atoms with Gasteiger partial charge in [-0.05, 0) is 29.8 Å². The number of oxime groups is 1. The van der Waals surface area contributed by atoms with E-state index in [2.05, 4.69) is 25.6 Å². The van der Waals surface area contributed by atoms with Crippen LogP contribution in [0.3, 0.4) is 0 Å². The van der Waals surface area contributed by atoms with Crippen molar-refractivity contribution in [2.75, 3.05) is 11.4 Å². The monoisotopic (exact) mass is 514 g/mol. The molecule has 192 valence electrons. The Morgan fingerprint density at radius 3 is 2.74 bits per heavy atom. The molecule has 2 aliphatic rings. The number of aromatic nitrogens is 4. The second-order valence-corrected chi connectivity index (χ2v) is 9.12. The van der Waals surface area contributed by atoms with E-state index in [-0.39, 0.29) is 6.54 Å². The van der Waals surface area contributed by atoms with Crippen LogP contribution in [0.15, 0.2) is 78.2 Å². The largest absolute Gasteiger partial charge is 0.444 e. The zero-order chi connectivity index (χ0) is 26.1. The molecule has 3 atom stereocenters. The number of nitrogens with zero attached hydrogens (tertiary/aromatic N) is 5. The van der Waals surface area contributed by atoms with Gasteiger partial charge in [0.15, 0.2) is 6.10 Å². The molecule has 0 aliphatic carbocycles. The maximum absolute atomic E-state index is 15.1. The standard InChI is InChI=1S/C27H23FN6O4/c28-22-11-19(34-15-20(37-27(34)36)10-18-14-30-33-31-18)7-8-21(22)17-6-9-23(29-13-17)24-12-25(38-32-24)26(35)16-4-2-1-3-5-16/h1-9,11,13-14,20,25-26,35H,10,12,15H2,(H,30,31,33)/t20-,25?,26?/m1/s1. The Hall–Kier alpha value is -4.64. The van der Waals surface area contributed by atoms with Crippen LogP contribution in [0.2, 0.25) is 0 Å². The van der Waals surface area contributed by atoms with Gasteiger partial charge in [0.2, 0.25) is 0 Å². The summed E-state index contributed by atoms with van der Waals surface area (Å²) in [6, 6.07) is 17.4. The number of aliphatic hydroxyl groups excluding tert-OH is 1. The molecular weight excluding hydrogens is 491 g/mol. The fourth-order valence-corrected chi connectivity index (χ4v) is 4.61. The zero-order valence-corrected chi connectivity index (χ0v) is 20.1. The van der Waals surface area contributed by atoms with Gasteiger partial charge in [-0.25, -0.2) is 9.18 Å². The van der Waals surface area contributed by atoms with Gasteiger partial charge >= 0.3 is 6.09 Å². The minimum Gasteiger partial charge on any atom is -0.444 e. The highest BCUT2D eigenvalue weighted by Crippen LogP contribution is 2.31. The summed E-state index contributed by atoms with van der Waals surface area (Å²) in [4.78, 5) is 23.7. The summed E-state index contributed by atoms with van der Waals surface area (Å²) in [5.41, 5.74) is 3.96. The van der Waals surface area contributed by atoms with Gasteiger partial charge in [-0.15, -0.1) is 0 Å².